The average Bonchev–Trinajstić information content (AvgIpc) is 2.69. The molecule has 0 aliphatic heterocycles. The number of nitrogens with two attached hydrogens (primary N) is 1. The summed E-state index contributed by atoms with van der Waals surface area (Å²) >= 11 is 3.40. The van der Waals surface area contributed by atoms with E-state index in [0.717, 1.165) is 23.3 Å². The maximum Gasteiger partial charge on any atom is 0.172 e. The first-order valence-corrected chi connectivity index (χ1v) is 5.42. The molecular weight excluding hydrogens is 230 g/mol. The van der Waals surface area contributed by atoms with E-state index in [1.54, 1.807) is 0 Å². The molecule has 1 heterocycles. The molecule has 0 unspecified atom stereocenters. The molecule has 13 heavy (non-hydrogen) atoms. The summed E-state index contributed by atoms with van der Waals surface area (Å²) in [6, 6.07) is 2.08. The third kappa shape index (κ3) is 2.15. The van der Waals surface area contributed by atoms with Gasteiger partial charge in [-0.05, 0) is 54.6 Å². The second-order valence-corrected chi connectivity index (χ2v) is 4.74. The Balaban J connectivity index is 1.97. The summed E-state index contributed by atoms with van der Waals surface area (Å²) in [4.78, 5) is 0. The summed E-state index contributed by atoms with van der Waals surface area (Å²) < 4.78 is 6.25. The molecular formula is C10H14BrNO. The molecule has 0 aromatic carbocycles. The van der Waals surface area contributed by atoms with Crippen LogP contribution in [0.15, 0.2) is 15.2 Å². The molecule has 2 N–H and O–H groups in total. The van der Waals surface area contributed by atoms with Crippen molar-refractivity contribution >= 4 is 15.9 Å². The molecule has 1 aliphatic rings. The molecule has 1 saturated carbocycles. The van der Waals surface area contributed by atoms with Gasteiger partial charge < -0.3 is 10.2 Å². The molecule has 1 aromatic heterocycles. The Hall–Kier alpha value is -0.280. The van der Waals surface area contributed by atoms with E-state index in [4.69, 9.17) is 10.2 Å². The molecule has 3 heteroatoms. The van der Waals surface area contributed by atoms with E-state index < -0.39 is 0 Å². The largest absolute Gasteiger partial charge is 0.454 e. The number of aryl methyl sites for hydroxylation is 2. The Morgan fingerprint density at radius 1 is 1.62 bits per heavy atom. The van der Waals surface area contributed by atoms with Crippen LogP contribution < -0.4 is 5.73 Å². The average molecular weight is 244 g/mol. The molecule has 0 bridgehead atoms. The quantitative estimate of drug-likeness (QED) is 0.887. The Kier molecular flexibility index (Phi) is 2.24. The Morgan fingerprint density at radius 2 is 2.31 bits per heavy atom. The van der Waals surface area contributed by atoms with E-state index >= 15 is 0 Å². The Bertz CT molecular complexity index is 315. The number of furan rings is 1. The van der Waals surface area contributed by atoms with Gasteiger partial charge in [-0.15, -0.1) is 0 Å². The van der Waals surface area contributed by atoms with Gasteiger partial charge in [0.15, 0.2) is 4.67 Å². The van der Waals surface area contributed by atoms with Crippen molar-refractivity contribution in [1.82, 2.24) is 0 Å². The molecule has 0 amide bonds. The van der Waals surface area contributed by atoms with Gasteiger partial charge in [-0.1, -0.05) is 0 Å². The first-order chi connectivity index (χ1) is 6.09. The monoisotopic (exact) mass is 243 g/mol. The van der Waals surface area contributed by atoms with Gasteiger partial charge >= 0.3 is 0 Å². The van der Waals surface area contributed by atoms with Gasteiger partial charge in [0.2, 0.25) is 0 Å². The fourth-order valence-corrected chi connectivity index (χ4v) is 2.07. The predicted octanol–water partition coefficient (Wildman–Crippen LogP) is 2.77. The molecule has 72 valence electrons. The lowest BCUT2D eigenvalue weighted by atomic mass is 10.1. The molecule has 0 spiro atoms. The summed E-state index contributed by atoms with van der Waals surface area (Å²) in [6.45, 7) is 1.96. The lowest BCUT2D eigenvalue weighted by Gasteiger charge is -2.05. The van der Waals surface area contributed by atoms with Gasteiger partial charge in [0.25, 0.3) is 0 Å². The smallest absolute Gasteiger partial charge is 0.172 e. The highest BCUT2D eigenvalue weighted by Crippen LogP contribution is 2.37. The van der Waals surface area contributed by atoms with Crippen molar-refractivity contribution in [2.75, 3.05) is 0 Å². The first kappa shape index (κ1) is 9.28. The van der Waals surface area contributed by atoms with E-state index in [1.165, 1.54) is 18.4 Å². The minimum absolute atomic E-state index is 0.143. The molecule has 1 aliphatic carbocycles. The fourth-order valence-electron chi connectivity index (χ4n) is 1.50. The van der Waals surface area contributed by atoms with Crippen LogP contribution in [0, 0.1) is 6.92 Å². The van der Waals surface area contributed by atoms with E-state index in [2.05, 4.69) is 22.0 Å². The topological polar surface area (TPSA) is 39.2 Å². The van der Waals surface area contributed by atoms with Crippen molar-refractivity contribution in [2.45, 2.75) is 38.1 Å². The Morgan fingerprint density at radius 3 is 2.77 bits per heavy atom. The highest BCUT2D eigenvalue weighted by Gasteiger charge is 2.37. The van der Waals surface area contributed by atoms with Crippen molar-refractivity contribution in [3.63, 3.8) is 0 Å². The second-order valence-electron chi connectivity index (χ2n) is 4.02. The number of hydrogen-bond acceptors (Lipinski definition) is 2. The van der Waals surface area contributed by atoms with Crippen LogP contribution in [-0.4, -0.2) is 5.54 Å². The van der Waals surface area contributed by atoms with Gasteiger partial charge in [-0.3, -0.25) is 0 Å². The maximum atomic E-state index is 6.01. The van der Waals surface area contributed by atoms with Crippen molar-refractivity contribution in [1.29, 1.82) is 0 Å². The first-order valence-electron chi connectivity index (χ1n) is 4.63. The highest BCUT2D eigenvalue weighted by atomic mass is 79.9. The number of hydrogen-bond donors (Lipinski definition) is 1. The third-order valence-electron chi connectivity index (χ3n) is 2.67. The van der Waals surface area contributed by atoms with Gasteiger partial charge in [0.1, 0.15) is 5.76 Å². The van der Waals surface area contributed by atoms with Gasteiger partial charge in [-0.25, -0.2) is 0 Å². The summed E-state index contributed by atoms with van der Waals surface area (Å²) in [5, 5.41) is 0. The lowest BCUT2D eigenvalue weighted by molar-refractivity contribution is 0.504. The minimum Gasteiger partial charge on any atom is -0.454 e. The molecule has 0 saturated heterocycles. The van der Waals surface area contributed by atoms with Crippen LogP contribution in [-0.2, 0) is 6.42 Å². The van der Waals surface area contributed by atoms with Crippen LogP contribution in [0.25, 0.3) is 0 Å². The van der Waals surface area contributed by atoms with E-state index in [9.17, 15) is 0 Å². The summed E-state index contributed by atoms with van der Waals surface area (Å²) in [5.74, 6) is 0.962. The summed E-state index contributed by atoms with van der Waals surface area (Å²) in [7, 11) is 0. The fraction of sp³-hybridized carbons (Fsp3) is 0.600. The van der Waals surface area contributed by atoms with Crippen LogP contribution in [0.3, 0.4) is 0 Å². The van der Waals surface area contributed by atoms with Crippen LogP contribution >= 0.6 is 15.9 Å². The standard InChI is InChI=1S/C10H14BrNO/c1-7-6-8(9(11)13-7)2-3-10(12)4-5-10/h6H,2-5,12H2,1H3. The normalized spacial score (nSPS) is 19.0. The van der Waals surface area contributed by atoms with E-state index in [-0.39, 0.29) is 5.54 Å². The van der Waals surface area contributed by atoms with Crippen LogP contribution in [0.4, 0.5) is 0 Å². The highest BCUT2D eigenvalue weighted by molar-refractivity contribution is 9.10. The van der Waals surface area contributed by atoms with Crippen molar-refractivity contribution in [2.24, 2.45) is 5.73 Å². The van der Waals surface area contributed by atoms with E-state index in [0.29, 0.717) is 0 Å². The molecule has 1 fully saturated rings. The van der Waals surface area contributed by atoms with Gasteiger partial charge in [0, 0.05) is 11.1 Å². The van der Waals surface area contributed by atoms with Crippen molar-refractivity contribution in [3.8, 4) is 0 Å². The molecule has 0 radical (unpaired) electrons. The second kappa shape index (κ2) is 3.14. The minimum atomic E-state index is 0.143. The number of rotatable bonds is 3. The van der Waals surface area contributed by atoms with Crippen LogP contribution in [0.2, 0.25) is 0 Å². The van der Waals surface area contributed by atoms with Crippen LogP contribution in [0.5, 0.6) is 0 Å². The zero-order valence-electron chi connectivity index (χ0n) is 7.77. The molecule has 1 aromatic rings. The van der Waals surface area contributed by atoms with Crippen molar-refractivity contribution in [3.05, 3.63) is 22.1 Å². The third-order valence-corrected chi connectivity index (χ3v) is 3.34. The molecule has 2 rings (SSSR count). The molecule has 2 nitrogen and oxygen atoms in total. The summed E-state index contributed by atoms with van der Waals surface area (Å²) in [6.07, 6.45) is 4.46. The number of halogens is 1. The summed E-state index contributed by atoms with van der Waals surface area (Å²) in [5.41, 5.74) is 7.39. The molecule has 0 atom stereocenters. The SMILES string of the molecule is Cc1cc(CCC2(N)CC2)c(Br)o1. The lowest BCUT2D eigenvalue weighted by Crippen LogP contribution is -2.21. The predicted molar refractivity (Wildman–Crippen MR) is 55.6 cm³/mol. The van der Waals surface area contributed by atoms with Crippen LogP contribution in [0.1, 0.15) is 30.6 Å². The maximum absolute atomic E-state index is 6.01. The zero-order valence-corrected chi connectivity index (χ0v) is 9.36. The van der Waals surface area contributed by atoms with Gasteiger partial charge in [0.05, 0.1) is 0 Å². The zero-order chi connectivity index (χ0) is 9.47. The van der Waals surface area contributed by atoms with Gasteiger partial charge in [-0.2, -0.15) is 0 Å². The Labute approximate surface area is 86.6 Å². The van der Waals surface area contributed by atoms with E-state index in [1.807, 2.05) is 6.92 Å². The van der Waals surface area contributed by atoms with Crippen molar-refractivity contribution < 1.29 is 4.42 Å².